The first kappa shape index (κ1) is 42.5. The van der Waals surface area contributed by atoms with Crippen LogP contribution in [-0.4, -0.2) is 76.1 Å². The van der Waals surface area contributed by atoms with Crippen LogP contribution in [0.4, 0.5) is 0 Å². The van der Waals surface area contributed by atoms with Gasteiger partial charge in [0.1, 0.15) is 17.5 Å². The number of carbonyl (C=O) groups excluding carboxylic acids is 5. The standard InChI is InChI=1S/C43H62O10/c1-24(2)30-21-34(45)27(5)13-11-12-25(3)19-35(46)33-20-28(6)31-22-39(52-29(7)44)42(9,50)38-16-17-41(8,49)37(53-38)15-14-26(4)18-32(31)43(33,23-36(30)47)40(48)51-10/h13,18-19,24,30,32-33,37-39,49-50H,11-12,14-17,20-23H2,1-10H3/b25-19-,26-18-,27-13?/t30-,32-,33+,37-,38+,39-,41+,42+,43-/m0/s1. The van der Waals surface area contributed by atoms with E-state index < -0.39 is 64.6 Å². The van der Waals surface area contributed by atoms with Crippen LogP contribution in [0.25, 0.3) is 0 Å². The van der Waals surface area contributed by atoms with E-state index in [1.54, 1.807) is 26.8 Å². The Balaban J connectivity index is 2.05. The van der Waals surface area contributed by atoms with Gasteiger partial charge in [0.25, 0.3) is 0 Å². The van der Waals surface area contributed by atoms with E-state index in [1.165, 1.54) is 14.0 Å². The average molecular weight is 739 g/mol. The summed E-state index contributed by atoms with van der Waals surface area (Å²) in [5.41, 5.74) is -0.945. The number of allylic oxidation sites excluding steroid dienone is 7. The fraction of sp³-hybridized carbons (Fsp3) is 0.698. The van der Waals surface area contributed by atoms with Crippen LogP contribution < -0.4 is 0 Å². The van der Waals surface area contributed by atoms with Gasteiger partial charge in [-0.1, -0.05) is 48.3 Å². The van der Waals surface area contributed by atoms with Crippen LogP contribution in [0.3, 0.4) is 0 Å². The fourth-order valence-electron chi connectivity index (χ4n) is 9.14. The van der Waals surface area contributed by atoms with Gasteiger partial charge in [-0.05, 0) is 104 Å². The topological polar surface area (TPSA) is 154 Å². The summed E-state index contributed by atoms with van der Waals surface area (Å²) in [5, 5.41) is 23.6. The lowest BCUT2D eigenvalue weighted by Gasteiger charge is -2.50. The Bertz CT molecular complexity index is 1590. The Hall–Kier alpha value is -3.21. The van der Waals surface area contributed by atoms with E-state index in [2.05, 4.69) is 0 Å². The maximum Gasteiger partial charge on any atom is 0.313 e. The SMILES string of the molecule is COC(=O)[C@]12CC(=O)[C@H](C(C)C)CC(=O)C(C)=CCC/C(C)=C\C(=O)[C@H]1CC(C)=C1C[C@H](OC(C)=O)[C@](C)(O)[C@H]3CC[C@@](C)(O)[C@H](CC/C(C)=C\[C@@H]12)O3. The average Bonchev–Trinajstić information content (AvgIpc) is 3.06. The summed E-state index contributed by atoms with van der Waals surface area (Å²) in [6.45, 7) is 15.7. The van der Waals surface area contributed by atoms with Gasteiger partial charge in [0.15, 0.2) is 11.6 Å². The lowest BCUT2D eigenvalue weighted by Crippen LogP contribution is -2.59. The summed E-state index contributed by atoms with van der Waals surface area (Å²) in [5.74, 6) is -4.86. The number of hydrogen-bond acceptors (Lipinski definition) is 10. The quantitative estimate of drug-likeness (QED) is 0.238. The van der Waals surface area contributed by atoms with Crippen LogP contribution >= 0.6 is 0 Å². The second-order valence-corrected chi connectivity index (χ2v) is 17.1. The molecule has 2 heterocycles. The zero-order chi connectivity index (χ0) is 39.6. The Labute approximate surface area is 315 Å². The number of fused-ring (bicyclic) bond motifs is 5. The second kappa shape index (κ2) is 16.7. The monoisotopic (exact) mass is 738 g/mol. The van der Waals surface area contributed by atoms with Crippen molar-refractivity contribution in [1.82, 2.24) is 0 Å². The summed E-state index contributed by atoms with van der Waals surface area (Å²) in [6, 6.07) is 0. The summed E-state index contributed by atoms with van der Waals surface area (Å²) < 4.78 is 17.9. The smallest absolute Gasteiger partial charge is 0.313 e. The summed E-state index contributed by atoms with van der Waals surface area (Å²) in [4.78, 5) is 70.3. The summed E-state index contributed by atoms with van der Waals surface area (Å²) in [7, 11) is 1.26. The van der Waals surface area contributed by atoms with Gasteiger partial charge in [-0.3, -0.25) is 24.0 Å². The highest BCUT2D eigenvalue weighted by Gasteiger charge is 2.60. The van der Waals surface area contributed by atoms with Crippen LogP contribution in [0.5, 0.6) is 0 Å². The van der Waals surface area contributed by atoms with E-state index in [1.807, 2.05) is 46.8 Å². The van der Waals surface area contributed by atoms with Crippen LogP contribution in [0, 0.1) is 29.1 Å². The van der Waals surface area contributed by atoms with E-state index in [9.17, 15) is 34.2 Å². The number of ketones is 3. The van der Waals surface area contributed by atoms with Gasteiger partial charge >= 0.3 is 11.9 Å². The van der Waals surface area contributed by atoms with Gasteiger partial charge in [-0.25, -0.2) is 0 Å². The number of aliphatic hydroxyl groups is 2. The largest absolute Gasteiger partial charge is 0.469 e. The molecule has 0 unspecified atom stereocenters. The Kier molecular flexibility index (Phi) is 13.4. The highest BCUT2D eigenvalue weighted by atomic mass is 16.6. The third-order valence-electron chi connectivity index (χ3n) is 12.6. The van der Waals surface area contributed by atoms with Crippen LogP contribution in [0.15, 0.2) is 46.1 Å². The maximum absolute atomic E-state index is 14.8. The molecule has 9 atom stereocenters. The first-order valence-corrected chi connectivity index (χ1v) is 19.3. The summed E-state index contributed by atoms with van der Waals surface area (Å²) >= 11 is 0. The molecule has 4 rings (SSSR count). The minimum absolute atomic E-state index is 0.00736. The molecule has 0 radical (unpaired) electrons. The zero-order valence-electron chi connectivity index (χ0n) is 33.5. The fourth-order valence-corrected chi connectivity index (χ4v) is 9.14. The minimum atomic E-state index is -1.73. The number of ether oxygens (including phenoxy) is 3. The predicted octanol–water partition coefficient (Wildman–Crippen LogP) is 6.66. The molecule has 1 fully saturated rings. The van der Waals surface area contributed by atoms with Crippen molar-refractivity contribution in [2.75, 3.05) is 7.11 Å². The van der Waals surface area contributed by atoms with Gasteiger partial charge in [-0.15, -0.1) is 0 Å². The molecule has 2 aliphatic carbocycles. The normalized spacial score (nSPS) is 38.7. The molecule has 0 aromatic heterocycles. The van der Waals surface area contributed by atoms with Gasteiger partial charge in [0, 0.05) is 43.9 Å². The minimum Gasteiger partial charge on any atom is -0.469 e. The molecule has 0 spiro atoms. The predicted molar refractivity (Wildman–Crippen MR) is 200 cm³/mol. The van der Waals surface area contributed by atoms with E-state index in [0.29, 0.717) is 49.7 Å². The highest BCUT2D eigenvalue weighted by Crippen LogP contribution is 2.56. The Morgan fingerprint density at radius 1 is 0.943 bits per heavy atom. The number of rotatable bonds is 3. The molecule has 2 N–H and O–H groups in total. The van der Waals surface area contributed by atoms with Crippen LogP contribution in [-0.2, 0) is 38.2 Å². The van der Waals surface area contributed by atoms with Gasteiger partial charge in [-0.2, -0.15) is 0 Å². The maximum atomic E-state index is 14.8. The molecule has 294 valence electrons. The number of methoxy groups -OCH3 is 1. The molecule has 2 bridgehead atoms. The van der Waals surface area contributed by atoms with E-state index >= 15 is 0 Å². The third kappa shape index (κ3) is 9.03. The molecular formula is C43H62O10. The molecule has 0 aromatic carbocycles. The molecule has 0 amide bonds. The van der Waals surface area contributed by atoms with Crippen molar-refractivity contribution in [2.45, 2.75) is 156 Å². The first-order chi connectivity index (χ1) is 24.6. The van der Waals surface area contributed by atoms with Crippen molar-refractivity contribution in [3.05, 3.63) is 46.1 Å². The number of carbonyl (C=O) groups is 5. The van der Waals surface area contributed by atoms with Crippen molar-refractivity contribution in [1.29, 1.82) is 0 Å². The van der Waals surface area contributed by atoms with Gasteiger partial charge in [0.2, 0.25) is 0 Å². The summed E-state index contributed by atoms with van der Waals surface area (Å²) in [6.07, 6.45) is 5.18. The van der Waals surface area contributed by atoms with Crippen LogP contribution in [0.2, 0.25) is 0 Å². The van der Waals surface area contributed by atoms with E-state index in [-0.39, 0.29) is 49.0 Å². The first-order valence-electron chi connectivity index (χ1n) is 19.3. The highest BCUT2D eigenvalue weighted by molar-refractivity contribution is 6.02. The molecule has 0 saturated carbocycles. The molecule has 53 heavy (non-hydrogen) atoms. The Morgan fingerprint density at radius 3 is 2.25 bits per heavy atom. The van der Waals surface area contributed by atoms with Crippen molar-refractivity contribution in [3.8, 4) is 0 Å². The lowest BCUT2D eigenvalue weighted by molar-refractivity contribution is -0.239. The number of esters is 2. The van der Waals surface area contributed by atoms with Gasteiger partial charge < -0.3 is 24.4 Å². The van der Waals surface area contributed by atoms with Crippen molar-refractivity contribution in [2.24, 2.45) is 29.1 Å². The zero-order valence-corrected chi connectivity index (χ0v) is 33.5. The number of hydrogen-bond donors (Lipinski definition) is 2. The molecule has 1 saturated heterocycles. The molecule has 0 aromatic rings. The van der Waals surface area contributed by atoms with Crippen molar-refractivity contribution in [3.63, 3.8) is 0 Å². The Morgan fingerprint density at radius 2 is 1.62 bits per heavy atom. The van der Waals surface area contributed by atoms with E-state index in [0.717, 1.165) is 16.7 Å². The number of Topliss-reactive ketones (excluding diaryl/α,β-unsaturated/α-hetero) is 2. The van der Waals surface area contributed by atoms with E-state index in [4.69, 9.17) is 14.2 Å². The third-order valence-corrected chi connectivity index (χ3v) is 12.6. The van der Waals surface area contributed by atoms with Crippen molar-refractivity contribution < 1.29 is 48.4 Å². The van der Waals surface area contributed by atoms with Gasteiger partial charge in [0.05, 0.1) is 30.3 Å². The molecule has 10 nitrogen and oxygen atoms in total. The van der Waals surface area contributed by atoms with Crippen LogP contribution in [0.1, 0.15) is 127 Å². The van der Waals surface area contributed by atoms with Crippen molar-refractivity contribution >= 4 is 29.3 Å². The second-order valence-electron chi connectivity index (χ2n) is 17.1. The molecule has 2 aliphatic heterocycles. The molecule has 10 heteroatoms. The molecule has 4 aliphatic rings. The lowest BCUT2D eigenvalue weighted by atomic mass is 9.53. The molecular weight excluding hydrogens is 676 g/mol.